The van der Waals surface area contributed by atoms with Gasteiger partial charge in [0.15, 0.2) is 0 Å². The molecule has 1 fully saturated rings. The summed E-state index contributed by atoms with van der Waals surface area (Å²) >= 11 is 0. The fourth-order valence-electron chi connectivity index (χ4n) is 3.06. The van der Waals surface area contributed by atoms with Gasteiger partial charge in [0, 0.05) is 13.7 Å². The van der Waals surface area contributed by atoms with Gasteiger partial charge in [-0.1, -0.05) is 24.3 Å². The van der Waals surface area contributed by atoms with Crippen LogP contribution in [0.4, 0.5) is 0 Å². The summed E-state index contributed by atoms with van der Waals surface area (Å²) in [6, 6.07) is 8.43. The van der Waals surface area contributed by atoms with E-state index >= 15 is 0 Å². The minimum atomic E-state index is -0.113. The second-order valence-electron chi connectivity index (χ2n) is 5.35. The first-order valence-corrected chi connectivity index (χ1v) is 6.92. The van der Waals surface area contributed by atoms with Crippen LogP contribution in [0.15, 0.2) is 24.3 Å². The molecule has 3 atom stereocenters. The Balaban J connectivity index is 1.62. The summed E-state index contributed by atoms with van der Waals surface area (Å²) in [7, 11) is 1.69. The molecule has 102 valence electrons. The van der Waals surface area contributed by atoms with Gasteiger partial charge in [-0.3, -0.25) is 4.79 Å². The van der Waals surface area contributed by atoms with Crippen molar-refractivity contribution in [2.45, 2.75) is 37.5 Å². The summed E-state index contributed by atoms with van der Waals surface area (Å²) < 4.78 is 5.28. The van der Waals surface area contributed by atoms with Gasteiger partial charge in [-0.25, -0.2) is 0 Å². The highest BCUT2D eigenvalue weighted by Gasteiger charge is 2.32. The first-order chi connectivity index (χ1) is 9.28. The quantitative estimate of drug-likeness (QED) is 0.857. The van der Waals surface area contributed by atoms with Gasteiger partial charge in [0.2, 0.25) is 5.91 Å². The second-order valence-corrected chi connectivity index (χ2v) is 5.35. The van der Waals surface area contributed by atoms with Crippen LogP contribution in [0.3, 0.4) is 0 Å². The Morgan fingerprint density at radius 3 is 3.05 bits per heavy atom. The second kappa shape index (κ2) is 5.31. The SMILES string of the molecule is COC1CNC(C(=O)NC2CCc3ccccc32)C1. The van der Waals surface area contributed by atoms with Crippen LogP contribution < -0.4 is 10.6 Å². The molecule has 1 aliphatic carbocycles. The van der Waals surface area contributed by atoms with Gasteiger partial charge in [0.1, 0.15) is 0 Å². The fourth-order valence-corrected chi connectivity index (χ4v) is 3.06. The van der Waals surface area contributed by atoms with E-state index in [1.165, 1.54) is 11.1 Å². The molecule has 0 saturated carbocycles. The van der Waals surface area contributed by atoms with Crippen molar-refractivity contribution < 1.29 is 9.53 Å². The first-order valence-electron chi connectivity index (χ1n) is 6.92. The Bertz CT molecular complexity index is 475. The monoisotopic (exact) mass is 260 g/mol. The minimum Gasteiger partial charge on any atom is -0.380 e. The summed E-state index contributed by atoms with van der Waals surface area (Å²) in [5, 5.41) is 6.38. The summed E-state index contributed by atoms with van der Waals surface area (Å²) in [4.78, 5) is 12.2. The number of amides is 1. The Morgan fingerprint density at radius 2 is 2.26 bits per heavy atom. The molecule has 0 radical (unpaired) electrons. The van der Waals surface area contributed by atoms with Crippen molar-refractivity contribution in [1.29, 1.82) is 0 Å². The maximum atomic E-state index is 12.2. The zero-order valence-electron chi connectivity index (χ0n) is 11.2. The van der Waals surface area contributed by atoms with E-state index in [1.807, 2.05) is 6.07 Å². The van der Waals surface area contributed by atoms with Crippen molar-refractivity contribution in [3.8, 4) is 0 Å². The molecular formula is C15H20N2O2. The third-order valence-electron chi connectivity index (χ3n) is 4.19. The van der Waals surface area contributed by atoms with E-state index in [0.29, 0.717) is 0 Å². The Labute approximate surface area is 113 Å². The Hall–Kier alpha value is -1.39. The molecule has 1 heterocycles. The standard InChI is InChI=1S/C15H20N2O2/c1-19-11-8-14(16-9-11)15(18)17-13-7-6-10-4-2-3-5-12(10)13/h2-5,11,13-14,16H,6-9H2,1H3,(H,17,18). The van der Waals surface area contributed by atoms with E-state index in [1.54, 1.807) is 7.11 Å². The highest BCUT2D eigenvalue weighted by molar-refractivity contribution is 5.82. The number of rotatable bonds is 3. The van der Waals surface area contributed by atoms with Gasteiger partial charge >= 0.3 is 0 Å². The lowest BCUT2D eigenvalue weighted by Gasteiger charge is -2.17. The molecule has 4 nitrogen and oxygen atoms in total. The molecule has 1 saturated heterocycles. The number of methoxy groups -OCH3 is 1. The molecule has 3 unspecified atom stereocenters. The molecule has 0 aromatic heterocycles. The number of aryl methyl sites for hydroxylation is 1. The first kappa shape index (κ1) is 12.6. The number of ether oxygens (including phenoxy) is 1. The average molecular weight is 260 g/mol. The van der Waals surface area contributed by atoms with Crippen molar-refractivity contribution in [3.05, 3.63) is 35.4 Å². The molecule has 19 heavy (non-hydrogen) atoms. The summed E-state index contributed by atoms with van der Waals surface area (Å²) in [6.45, 7) is 0.760. The van der Waals surface area contributed by atoms with Crippen LogP contribution in [0, 0.1) is 0 Å². The lowest BCUT2D eigenvalue weighted by Crippen LogP contribution is -2.41. The molecule has 1 amide bonds. The number of carbonyl (C=O) groups excluding carboxylic acids is 1. The summed E-state index contributed by atoms with van der Waals surface area (Å²) in [5.41, 5.74) is 2.64. The Morgan fingerprint density at radius 1 is 1.42 bits per heavy atom. The van der Waals surface area contributed by atoms with E-state index in [4.69, 9.17) is 4.74 Å². The number of benzene rings is 1. The van der Waals surface area contributed by atoms with Crippen molar-refractivity contribution in [2.24, 2.45) is 0 Å². The van der Waals surface area contributed by atoms with Crippen molar-refractivity contribution >= 4 is 5.91 Å². The molecule has 4 heteroatoms. The minimum absolute atomic E-state index is 0.0984. The summed E-state index contributed by atoms with van der Waals surface area (Å²) in [6.07, 6.45) is 2.98. The third-order valence-corrected chi connectivity index (χ3v) is 4.19. The van der Waals surface area contributed by atoms with Crippen LogP contribution in [0.1, 0.15) is 30.0 Å². The highest BCUT2D eigenvalue weighted by atomic mass is 16.5. The summed E-state index contributed by atoms with van der Waals surface area (Å²) in [5.74, 6) is 0.0984. The fraction of sp³-hybridized carbons (Fsp3) is 0.533. The van der Waals surface area contributed by atoms with Gasteiger partial charge in [-0.05, 0) is 30.4 Å². The number of fused-ring (bicyclic) bond motifs is 1. The van der Waals surface area contributed by atoms with Gasteiger partial charge in [0.25, 0.3) is 0 Å². The Kier molecular flexibility index (Phi) is 3.53. The van der Waals surface area contributed by atoms with E-state index in [2.05, 4.69) is 28.8 Å². The molecule has 1 aliphatic heterocycles. The van der Waals surface area contributed by atoms with E-state index in [0.717, 1.165) is 25.8 Å². The molecule has 2 aliphatic rings. The van der Waals surface area contributed by atoms with Crippen LogP contribution in [0.2, 0.25) is 0 Å². The maximum Gasteiger partial charge on any atom is 0.237 e. The van der Waals surface area contributed by atoms with Gasteiger partial charge in [-0.15, -0.1) is 0 Å². The third kappa shape index (κ3) is 2.51. The number of hydrogen-bond acceptors (Lipinski definition) is 3. The smallest absolute Gasteiger partial charge is 0.237 e. The zero-order valence-corrected chi connectivity index (χ0v) is 11.2. The van der Waals surface area contributed by atoms with Crippen LogP contribution in [0.5, 0.6) is 0 Å². The maximum absolute atomic E-state index is 12.2. The number of nitrogens with one attached hydrogen (secondary N) is 2. The highest BCUT2D eigenvalue weighted by Crippen LogP contribution is 2.30. The van der Waals surface area contributed by atoms with Gasteiger partial charge in [0.05, 0.1) is 18.2 Å². The van der Waals surface area contributed by atoms with Crippen LogP contribution >= 0.6 is 0 Å². The predicted molar refractivity (Wildman–Crippen MR) is 72.9 cm³/mol. The molecule has 1 aromatic rings. The number of carbonyl (C=O) groups is 1. The van der Waals surface area contributed by atoms with Gasteiger partial charge < -0.3 is 15.4 Å². The molecular weight excluding hydrogens is 240 g/mol. The van der Waals surface area contributed by atoms with Crippen LogP contribution in [-0.4, -0.2) is 31.7 Å². The van der Waals surface area contributed by atoms with Crippen molar-refractivity contribution in [3.63, 3.8) is 0 Å². The predicted octanol–water partition coefficient (Wildman–Crippen LogP) is 1.17. The van der Waals surface area contributed by atoms with Crippen LogP contribution in [0.25, 0.3) is 0 Å². The molecule has 0 spiro atoms. The lowest BCUT2D eigenvalue weighted by atomic mass is 10.1. The van der Waals surface area contributed by atoms with E-state index in [-0.39, 0.29) is 24.1 Å². The van der Waals surface area contributed by atoms with E-state index in [9.17, 15) is 4.79 Å². The number of hydrogen-bond donors (Lipinski definition) is 2. The van der Waals surface area contributed by atoms with Crippen molar-refractivity contribution in [2.75, 3.05) is 13.7 Å². The molecule has 0 bridgehead atoms. The van der Waals surface area contributed by atoms with E-state index < -0.39 is 0 Å². The molecule has 2 N–H and O–H groups in total. The van der Waals surface area contributed by atoms with Crippen LogP contribution in [-0.2, 0) is 16.0 Å². The lowest BCUT2D eigenvalue weighted by molar-refractivity contribution is -0.123. The average Bonchev–Trinajstić information content (AvgIpc) is 3.06. The van der Waals surface area contributed by atoms with Gasteiger partial charge in [-0.2, -0.15) is 0 Å². The molecule has 3 rings (SSSR count). The molecule has 1 aromatic carbocycles. The zero-order chi connectivity index (χ0) is 13.2. The largest absolute Gasteiger partial charge is 0.380 e. The normalized spacial score (nSPS) is 29.2. The van der Waals surface area contributed by atoms with Crippen molar-refractivity contribution in [1.82, 2.24) is 10.6 Å². The topological polar surface area (TPSA) is 50.4 Å².